The number of nitrogens with zero attached hydrogens (tertiary/aromatic N) is 3. The van der Waals surface area contributed by atoms with E-state index in [0.29, 0.717) is 18.3 Å². The molecule has 2 aromatic heterocycles. The number of benzene rings is 1. The Morgan fingerprint density at radius 3 is 2.95 bits per heavy atom. The molecule has 0 amide bonds. The molecule has 3 rings (SSSR count). The molecular weight excluding hydrogens is 268 g/mol. The first-order chi connectivity index (χ1) is 10.1. The number of hydrogen-bond donors (Lipinski definition) is 1. The second-order valence-corrected chi connectivity index (χ2v) is 5.15. The van der Waals surface area contributed by atoms with Gasteiger partial charge in [-0.2, -0.15) is 4.98 Å². The predicted octanol–water partition coefficient (Wildman–Crippen LogP) is 2.11. The van der Waals surface area contributed by atoms with Crippen LogP contribution in [0.2, 0.25) is 0 Å². The number of pyridine rings is 1. The highest BCUT2D eigenvalue weighted by atomic mass is 16.5. The minimum Gasteiger partial charge on any atom is -0.382 e. The van der Waals surface area contributed by atoms with Crippen molar-refractivity contribution in [1.29, 1.82) is 0 Å². The van der Waals surface area contributed by atoms with E-state index < -0.39 is 5.54 Å². The molecule has 0 aliphatic carbocycles. The highest BCUT2D eigenvalue weighted by molar-refractivity contribution is 5.92. The van der Waals surface area contributed by atoms with Gasteiger partial charge in [0.15, 0.2) is 5.82 Å². The van der Waals surface area contributed by atoms with Crippen LogP contribution in [0.25, 0.3) is 22.4 Å². The van der Waals surface area contributed by atoms with E-state index in [0.717, 1.165) is 16.5 Å². The van der Waals surface area contributed by atoms with E-state index in [4.69, 9.17) is 15.0 Å². The average Bonchev–Trinajstić information content (AvgIpc) is 2.97. The van der Waals surface area contributed by atoms with Gasteiger partial charge in [-0.25, -0.2) is 0 Å². The van der Waals surface area contributed by atoms with Crippen LogP contribution in [0.15, 0.2) is 41.1 Å². The van der Waals surface area contributed by atoms with Crippen LogP contribution >= 0.6 is 0 Å². The van der Waals surface area contributed by atoms with E-state index >= 15 is 0 Å². The molecule has 21 heavy (non-hydrogen) atoms. The fraction of sp³-hybridized carbons (Fsp3) is 0.267. The largest absolute Gasteiger partial charge is 0.382 e. The molecule has 6 nitrogen and oxygen atoms in total. The molecule has 0 fully saturated rings. The third-order valence-electron chi connectivity index (χ3n) is 3.26. The first-order valence-electron chi connectivity index (χ1n) is 6.58. The molecule has 0 saturated heterocycles. The van der Waals surface area contributed by atoms with Crippen LogP contribution in [-0.2, 0) is 10.3 Å². The average molecular weight is 284 g/mol. The molecule has 0 spiro atoms. The van der Waals surface area contributed by atoms with Gasteiger partial charge in [0.2, 0.25) is 0 Å². The third-order valence-corrected chi connectivity index (χ3v) is 3.26. The van der Waals surface area contributed by atoms with Gasteiger partial charge in [0, 0.05) is 24.3 Å². The van der Waals surface area contributed by atoms with E-state index in [1.807, 2.05) is 30.3 Å². The molecule has 6 heteroatoms. The van der Waals surface area contributed by atoms with Gasteiger partial charge in [0.25, 0.3) is 5.89 Å². The molecule has 3 aromatic rings. The quantitative estimate of drug-likeness (QED) is 0.789. The van der Waals surface area contributed by atoms with Crippen molar-refractivity contribution in [2.45, 2.75) is 12.5 Å². The minimum atomic E-state index is -0.792. The van der Waals surface area contributed by atoms with Crippen LogP contribution in [0.4, 0.5) is 0 Å². The summed E-state index contributed by atoms with van der Waals surface area (Å²) in [6, 6.07) is 9.62. The van der Waals surface area contributed by atoms with Gasteiger partial charge in [-0.3, -0.25) is 4.98 Å². The van der Waals surface area contributed by atoms with Crippen LogP contribution < -0.4 is 5.73 Å². The first kappa shape index (κ1) is 13.7. The van der Waals surface area contributed by atoms with Gasteiger partial charge in [-0.15, -0.1) is 0 Å². The van der Waals surface area contributed by atoms with Crippen molar-refractivity contribution in [1.82, 2.24) is 15.1 Å². The van der Waals surface area contributed by atoms with Crippen LogP contribution in [0.1, 0.15) is 12.7 Å². The van der Waals surface area contributed by atoms with Crippen molar-refractivity contribution < 1.29 is 9.26 Å². The summed E-state index contributed by atoms with van der Waals surface area (Å²) in [7, 11) is 1.59. The van der Waals surface area contributed by atoms with Crippen molar-refractivity contribution >= 4 is 10.9 Å². The number of rotatable bonds is 4. The summed E-state index contributed by atoms with van der Waals surface area (Å²) in [5.41, 5.74) is 7.06. The van der Waals surface area contributed by atoms with Crippen LogP contribution in [0.3, 0.4) is 0 Å². The van der Waals surface area contributed by atoms with Gasteiger partial charge >= 0.3 is 0 Å². The SMILES string of the molecule is COCC(C)(N)c1noc(-c2cccc3ncccc23)n1. The topological polar surface area (TPSA) is 87.1 Å². The second kappa shape index (κ2) is 5.23. The smallest absolute Gasteiger partial charge is 0.258 e. The minimum absolute atomic E-state index is 0.309. The lowest BCUT2D eigenvalue weighted by Gasteiger charge is -2.18. The van der Waals surface area contributed by atoms with Gasteiger partial charge < -0.3 is 15.0 Å². The van der Waals surface area contributed by atoms with Crippen molar-refractivity contribution in [2.75, 3.05) is 13.7 Å². The van der Waals surface area contributed by atoms with Gasteiger partial charge in [0.05, 0.1) is 12.1 Å². The summed E-state index contributed by atoms with van der Waals surface area (Å²) in [5.74, 6) is 0.844. The Kier molecular flexibility index (Phi) is 3.40. The highest BCUT2D eigenvalue weighted by Crippen LogP contribution is 2.27. The standard InChI is InChI=1S/C15H16N4O2/c1-15(16,9-20-2)14-18-13(21-19-14)11-5-3-7-12-10(11)6-4-8-17-12/h3-8H,9,16H2,1-2H3. The van der Waals surface area contributed by atoms with Gasteiger partial charge in [0.1, 0.15) is 5.54 Å². The molecule has 1 atom stereocenters. The molecule has 0 aliphatic rings. The number of ether oxygens (including phenoxy) is 1. The maximum Gasteiger partial charge on any atom is 0.258 e. The lowest BCUT2D eigenvalue weighted by atomic mass is 10.0. The Hall–Kier alpha value is -2.31. The molecule has 0 bridgehead atoms. The van der Waals surface area contributed by atoms with Crippen LogP contribution in [0.5, 0.6) is 0 Å². The first-order valence-corrected chi connectivity index (χ1v) is 6.58. The fourth-order valence-electron chi connectivity index (χ4n) is 2.22. The summed E-state index contributed by atoms with van der Waals surface area (Å²) >= 11 is 0. The molecule has 0 saturated carbocycles. The number of nitrogens with two attached hydrogens (primary N) is 1. The van der Waals surface area contributed by atoms with E-state index in [2.05, 4.69) is 15.1 Å². The van der Waals surface area contributed by atoms with E-state index in [-0.39, 0.29) is 0 Å². The van der Waals surface area contributed by atoms with Crippen LogP contribution in [-0.4, -0.2) is 28.8 Å². The van der Waals surface area contributed by atoms with E-state index in [9.17, 15) is 0 Å². The molecule has 1 aromatic carbocycles. The van der Waals surface area contributed by atoms with E-state index in [1.54, 1.807) is 20.2 Å². The van der Waals surface area contributed by atoms with Crippen molar-refractivity contribution in [3.8, 4) is 11.5 Å². The molecule has 0 radical (unpaired) electrons. The van der Waals surface area contributed by atoms with E-state index in [1.165, 1.54) is 0 Å². The maximum absolute atomic E-state index is 6.13. The molecule has 2 N–H and O–H groups in total. The molecule has 1 unspecified atom stereocenters. The Labute approximate surface area is 121 Å². The molecule has 108 valence electrons. The van der Waals surface area contributed by atoms with Crippen LogP contribution in [0, 0.1) is 0 Å². The fourth-order valence-corrected chi connectivity index (χ4v) is 2.22. The zero-order valence-electron chi connectivity index (χ0n) is 11.9. The summed E-state index contributed by atoms with van der Waals surface area (Å²) in [4.78, 5) is 8.73. The molecule has 2 heterocycles. The van der Waals surface area contributed by atoms with Crippen molar-refractivity contribution in [3.63, 3.8) is 0 Å². The maximum atomic E-state index is 6.13. The number of hydrogen-bond acceptors (Lipinski definition) is 6. The highest BCUT2D eigenvalue weighted by Gasteiger charge is 2.28. The Morgan fingerprint density at radius 2 is 2.14 bits per heavy atom. The number of methoxy groups -OCH3 is 1. The molecular formula is C15H16N4O2. The normalized spacial score (nSPS) is 14.2. The lowest BCUT2D eigenvalue weighted by molar-refractivity contribution is 0.135. The summed E-state index contributed by atoms with van der Waals surface area (Å²) in [5, 5.41) is 4.94. The Morgan fingerprint density at radius 1 is 1.29 bits per heavy atom. The zero-order valence-corrected chi connectivity index (χ0v) is 11.9. The summed E-state index contributed by atoms with van der Waals surface area (Å²) in [6.07, 6.45) is 1.75. The monoisotopic (exact) mass is 284 g/mol. The third kappa shape index (κ3) is 2.51. The number of fused-ring (bicyclic) bond motifs is 1. The van der Waals surface area contributed by atoms with Gasteiger partial charge in [-0.1, -0.05) is 17.3 Å². The second-order valence-electron chi connectivity index (χ2n) is 5.15. The van der Waals surface area contributed by atoms with Gasteiger partial charge in [-0.05, 0) is 25.1 Å². The van der Waals surface area contributed by atoms with Crippen molar-refractivity contribution in [3.05, 3.63) is 42.4 Å². The molecule has 0 aliphatic heterocycles. The lowest BCUT2D eigenvalue weighted by Crippen LogP contribution is -2.38. The number of aromatic nitrogens is 3. The Bertz CT molecular complexity index is 762. The predicted molar refractivity (Wildman–Crippen MR) is 78.5 cm³/mol. The van der Waals surface area contributed by atoms with Crippen molar-refractivity contribution in [2.24, 2.45) is 5.73 Å². The summed E-state index contributed by atoms with van der Waals surface area (Å²) < 4.78 is 10.5. The Balaban J connectivity index is 2.07. The summed E-state index contributed by atoms with van der Waals surface area (Å²) in [6.45, 7) is 2.11. The zero-order chi connectivity index (χ0) is 14.9.